The monoisotopic (exact) mass is 566 g/mol. The summed E-state index contributed by atoms with van der Waals surface area (Å²) < 4.78 is 43.1. The van der Waals surface area contributed by atoms with E-state index in [2.05, 4.69) is 4.31 Å². The van der Waals surface area contributed by atoms with Crippen molar-refractivity contribution in [2.75, 3.05) is 6.61 Å². The van der Waals surface area contributed by atoms with Crippen molar-refractivity contribution >= 4 is 15.6 Å². The number of rotatable bonds is 8. The van der Waals surface area contributed by atoms with Gasteiger partial charge >= 0.3 is 21.3 Å². The SMILES string of the molecule is O=c1ccn([C@@H]2O[C@H](C(OP(=O)(O)OP(=O)(O)O)C3O[C@H](CO)[C@H](O)[C@H](O)[C@H]3O)[C@@H](O)[C@H]2O)c(=O)[nH]1. The zero-order valence-corrected chi connectivity index (χ0v) is 19.6. The number of ether oxygens (including phenoxy) is 2. The van der Waals surface area contributed by atoms with E-state index in [0.717, 1.165) is 12.3 Å². The molecule has 3 heterocycles. The largest absolute Gasteiger partial charge is 0.481 e. The predicted octanol–water partition coefficient (Wildman–Crippen LogP) is -5.41. The minimum absolute atomic E-state index is 0.615. The zero-order valence-electron chi connectivity index (χ0n) is 17.8. The lowest BCUT2D eigenvalue weighted by atomic mass is 9.89. The first-order valence-electron chi connectivity index (χ1n) is 9.98. The number of aliphatic hydroxyl groups is 6. The van der Waals surface area contributed by atoms with Crippen LogP contribution in [0.5, 0.6) is 0 Å². The average Bonchev–Trinajstić information content (AvgIpc) is 3.04. The van der Waals surface area contributed by atoms with E-state index in [-0.39, 0.29) is 0 Å². The fraction of sp³-hybridized carbons (Fsp3) is 0.733. The zero-order chi connectivity index (χ0) is 27.2. The van der Waals surface area contributed by atoms with Crippen LogP contribution in [-0.2, 0) is 27.4 Å². The van der Waals surface area contributed by atoms with Crippen molar-refractivity contribution in [3.05, 3.63) is 33.1 Å². The predicted molar refractivity (Wildman–Crippen MR) is 109 cm³/mol. The van der Waals surface area contributed by atoms with Gasteiger partial charge in [0, 0.05) is 12.3 Å². The van der Waals surface area contributed by atoms with Gasteiger partial charge in [-0.05, 0) is 0 Å². The molecule has 2 fully saturated rings. The van der Waals surface area contributed by atoms with E-state index in [1.165, 1.54) is 0 Å². The molecule has 0 radical (unpaired) electrons. The van der Waals surface area contributed by atoms with Crippen molar-refractivity contribution in [3.8, 4) is 0 Å². The van der Waals surface area contributed by atoms with Crippen molar-refractivity contribution in [1.29, 1.82) is 0 Å². The fourth-order valence-corrected chi connectivity index (χ4v) is 5.61. The Bertz CT molecular complexity index is 1130. The minimum Gasteiger partial charge on any atom is -0.394 e. The maximum atomic E-state index is 12.3. The van der Waals surface area contributed by atoms with Gasteiger partial charge in [0.2, 0.25) is 0 Å². The van der Waals surface area contributed by atoms with E-state index in [1.807, 2.05) is 4.98 Å². The van der Waals surface area contributed by atoms with Gasteiger partial charge in [-0.15, -0.1) is 0 Å². The molecule has 3 rings (SSSR count). The third kappa shape index (κ3) is 6.18. The Morgan fingerprint density at radius 3 is 2.08 bits per heavy atom. The molecule has 2 saturated heterocycles. The normalized spacial score (nSPS) is 38.0. The van der Waals surface area contributed by atoms with Crippen LogP contribution >= 0.6 is 15.6 Å². The number of nitrogens with zero attached hydrogens (tertiary/aromatic N) is 1. The molecule has 1 aromatic rings. The van der Waals surface area contributed by atoms with Gasteiger partial charge in [0.25, 0.3) is 5.56 Å². The summed E-state index contributed by atoms with van der Waals surface area (Å²) in [6, 6.07) is 0.860. The highest BCUT2D eigenvalue weighted by Crippen LogP contribution is 2.59. The first-order chi connectivity index (χ1) is 16.6. The molecule has 11 atom stereocenters. The van der Waals surface area contributed by atoms with Gasteiger partial charge in [-0.1, -0.05) is 0 Å². The van der Waals surface area contributed by atoms with Crippen LogP contribution in [0.2, 0.25) is 0 Å². The quantitative estimate of drug-likeness (QED) is 0.131. The van der Waals surface area contributed by atoms with Gasteiger partial charge in [0.1, 0.15) is 54.9 Å². The number of aliphatic hydroxyl groups excluding tert-OH is 6. The molecule has 0 bridgehead atoms. The van der Waals surface area contributed by atoms with E-state index in [0.29, 0.717) is 4.57 Å². The van der Waals surface area contributed by atoms with Crippen LogP contribution in [0, 0.1) is 0 Å². The molecular weight excluding hydrogens is 542 g/mol. The molecule has 36 heavy (non-hydrogen) atoms. The molecule has 21 heteroatoms. The second-order valence-electron chi connectivity index (χ2n) is 7.89. The Morgan fingerprint density at radius 2 is 1.53 bits per heavy atom. The van der Waals surface area contributed by atoms with Crippen LogP contribution < -0.4 is 11.2 Å². The summed E-state index contributed by atoms with van der Waals surface area (Å²) in [4.78, 5) is 52.9. The third-order valence-electron chi connectivity index (χ3n) is 5.44. The lowest BCUT2D eigenvalue weighted by Crippen LogP contribution is -2.64. The Hall–Kier alpha value is -1.38. The van der Waals surface area contributed by atoms with Crippen molar-refractivity contribution in [2.24, 2.45) is 0 Å². The molecule has 1 aromatic heterocycles. The summed E-state index contributed by atoms with van der Waals surface area (Å²) in [5, 5.41) is 61.0. The fourth-order valence-electron chi connectivity index (χ4n) is 3.83. The van der Waals surface area contributed by atoms with E-state index < -0.39 is 94.7 Å². The number of phosphoric ester groups is 1. The molecular formula is C15H24N2O17P2. The van der Waals surface area contributed by atoms with E-state index in [9.17, 15) is 54.3 Å². The van der Waals surface area contributed by atoms with Gasteiger partial charge in [0.15, 0.2) is 6.23 Å². The number of hydrogen-bond donors (Lipinski definition) is 10. The highest BCUT2D eigenvalue weighted by molar-refractivity contribution is 7.60. The number of H-pyrrole nitrogens is 1. The Kier molecular flexibility index (Phi) is 8.73. The number of aromatic amines is 1. The Labute approximate surface area is 199 Å². The molecule has 0 aromatic carbocycles. The Balaban J connectivity index is 2.02. The molecule has 10 N–H and O–H groups in total. The average molecular weight is 566 g/mol. The van der Waals surface area contributed by atoms with Gasteiger partial charge in [-0.25, -0.2) is 13.9 Å². The highest BCUT2D eigenvalue weighted by Gasteiger charge is 2.57. The standard InChI is InChI=1S/C15H24N2O17P2/c18-3-4-6(20)7(21)8(22)11(31-4)13(33-36(29,30)34-35(26,27)28)12-9(23)10(24)14(32-12)17-2-1-5(19)16-15(17)25/h1-2,4,6-14,18,20-24H,3H2,(H,29,30)(H,16,19,25)(H2,26,27,28)/t4-,6+,7+,8-,9+,10-,11?,12+,13?,14-/m1/s1. The van der Waals surface area contributed by atoms with Crippen LogP contribution in [0.15, 0.2) is 21.9 Å². The summed E-state index contributed by atoms with van der Waals surface area (Å²) >= 11 is 0. The van der Waals surface area contributed by atoms with E-state index >= 15 is 0 Å². The van der Waals surface area contributed by atoms with Crippen LogP contribution in [0.25, 0.3) is 0 Å². The second-order valence-corrected chi connectivity index (χ2v) is 10.7. The molecule has 0 amide bonds. The molecule has 2 aliphatic rings. The molecule has 0 spiro atoms. The smallest absolute Gasteiger partial charge is 0.394 e. The topological polar surface area (TPSA) is 308 Å². The van der Waals surface area contributed by atoms with Gasteiger partial charge in [-0.3, -0.25) is 18.9 Å². The molecule has 0 aliphatic carbocycles. The maximum absolute atomic E-state index is 12.3. The van der Waals surface area contributed by atoms with E-state index in [4.69, 9.17) is 23.8 Å². The molecule has 19 nitrogen and oxygen atoms in total. The minimum atomic E-state index is -5.78. The number of aromatic nitrogens is 2. The number of hydrogen-bond acceptors (Lipinski definition) is 14. The first kappa shape index (κ1) is 29.2. The summed E-state index contributed by atoms with van der Waals surface area (Å²) in [5.41, 5.74) is -1.93. The Morgan fingerprint density at radius 1 is 0.944 bits per heavy atom. The van der Waals surface area contributed by atoms with Crippen LogP contribution in [0.3, 0.4) is 0 Å². The first-order valence-corrected chi connectivity index (χ1v) is 13.0. The lowest BCUT2D eigenvalue weighted by Gasteiger charge is -2.44. The number of phosphoric acid groups is 2. The van der Waals surface area contributed by atoms with Crippen LogP contribution in [-0.4, -0.2) is 116 Å². The van der Waals surface area contributed by atoms with Crippen molar-refractivity contribution < 1.29 is 72.8 Å². The van der Waals surface area contributed by atoms with Gasteiger partial charge < -0.3 is 54.8 Å². The van der Waals surface area contributed by atoms with Crippen molar-refractivity contribution in [3.63, 3.8) is 0 Å². The van der Waals surface area contributed by atoms with Gasteiger partial charge in [0.05, 0.1) is 6.61 Å². The summed E-state index contributed by atoms with van der Waals surface area (Å²) in [6.07, 6.45) is -19.2. The molecule has 0 saturated carbocycles. The lowest BCUT2D eigenvalue weighted by molar-refractivity contribution is -0.260. The number of nitrogens with one attached hydrogen (secondary N) is 1. The summed E-state index contributed by atoms with van der Waals surface area (Å²) in [6.45, 7) is -0.962. The summed E-state index contributed by atoms with van der Waals surface area (Å²) in [5.74, 6) is 0. The maximum Gasteiger partial charge on any atom is 0.481 e. The van der Waals surface area contributed by atoms with E-state index in [1.54, 1.807) is 0 Å². The van der Waals surface area contributed by atoms with Gasteiger partial charge in [-0.2, -0.15) is 4.31 Å². The van der Waals surface area contributed by atoms with Crippen LogP contribution in [0.4, 0.5) is 0 Å². The van der Waals surface area contributed by atoms with Crippen LogP contribution in [0.1, 0.15) is 6.23 Å². The summed E-state index contributed by atoms with van der Waals surface area (Å²) in [7, 11) is -11.5. The third-order valence-corrected chi connectivity index (χ3v) is 7.63. The molecule has 2 aliphatic heterocycles. The molecule has 206 valence electrons. The van der Waals surface area contributed by atoms with Crippen molar-refractivity contribution in [2.45, 2.75) is 61.2 Å². The second kappa shape index (κ2) is 10.8. The highest BCUT2D eigenvalue weighted by atomic mass is 31.3. The molecule has 3 unspecified atom stereocenters. The van der Waals surface area contributed by atoms with Crippen molar-refractivity contribution in [1.82, 2.24) is 9.55 Å².